The van der Waals surface area contributed by atoms with Crippen molar-refractivity contribution in [2.75, 3.05) is 23.3 Å². The third-order valence-electron chi connectivity index (χ3n) is 4.95. The molecule has 1 unspecified atom stereocenters. The normalized spacial score (nSPS) is 20.9. The van der Waals surface area contributed by atoms with E-state index in [0.717, 1.165) is 24.2 Å². The van der Waals surface area contributed by atoms with Crippen LogP contribution < -0.4 is 10.2 Å². The minimum atomic E-state index is -0.375. The summed E-state index contributed by atoms with van der Waals surface area (Å²) in [6.07, 6.45) is 0.483. The highest BCUT2D eigenvalue weighted by atomic mass is 16.3. The van der Waals surface area contributed by atoms with Crippen LogP contribution in [-0.4, -0.2) is 40.4 Å². The molecule has 134 valence electrons. The topological polar surface area (TPSA) is 93.0 Å². The Hall–Kier alpha value is -2.99. The summed E-state index contributed by atoms with van der Waals surface area (Å²) in [5.41, 5.74) is 3.71. The molecule has 4 rings (SSSR count). The SMILES string of the molecule is C/C(O)=C1\C(=O)Nc2cc(O)c(-c3ccc(N4CCC(O)C4)cc3)cc21. The summed E-state index contributed by atoms with van der Waals surface area (Å²) >= 11 is 0. The zero-order valence-electron chi connectivity index (χ0n) is 14.4. The van der Waals surface area contributed by atoms with Crippen LogP contribution in [0, 0.1) is 0 Å². The molecule has 6 heteroatoms. The summed E-state index contributed by atoms with van der Waals surface area (Å²) in [6, 6.07) is 10.9. The molecular weight excluding hydrogens is 332 g/mol. The number of nitrogens with one attached hydrogen (secondary N) is 1. The van der Waals surface area contributed by atoms with E-state index in [1.165, 1.54) is 13.0 Å². The molecule has 1 fully saturated rings. The van der Waals surface area contributed by atoms with Crippen molar-refractivity contribution in [3.05, 3.63) is 47.7 Å². The van der Waals surface area contributed by atoms with Crippen LogP contribution in [0.1, 0.15) is 18.9 Å². The van der Waals surface area contributed by atoms with Crippen molar-refractivity contribution in [1.29, 1.82) is 0 Å². The smallest absolute Gasteiger partial charge is 0.259 e. The molecule has 26 heavy (non-hydrogen) atoms. The highest BCUT2D eigenvalue weighted by molar-refractivity contribution is 6.32. The van der Waals surface area contributed by atoms with Crippen molar-refractivity contribution < 1.29 is 20.1 Å². The number of phenolic OH excluding ortho intramolecular Hbond substituents is 1. The lowest BCUT2D eigenvalue weighted by molar-refractivity contribution is -0.110. The molecule has 2 heterocycles. The Morgan fingerprint density at radius 3 is 2.54 bits per heavy atom. The average Bonchev–Trinajstić information content (AvgIpc) is 3.16. The van der Waals surface area contributed by atoms with Crippen LogP contribution in [-0.2, 0) is 4.79 Å². The number of rotatable bonds is 2. The average molecular weight is 352 g/mol. The van der Waals surface area contributed by atoms with E-state index in [0.29, 0.717) is 23.4 Å². The first-order valence-corrected chi connectivity index (χ1v) is 8.56. The van der Waals surface area contributed by atoms with Gasteiger partial charge in [-0.3, -0.25) is 4.79 Å². The maximum Gasteiger partial charge on any atom is 0.259 e. The molecule has 2 aromatic carbocycles. The highest BCUT2D eigenvalue weighted by Gasteiger charge is 2.28. The van der Waals surface area contributed by atoms with Gasteiger partial charge in [0.25, 0.3) is 5.91 Å². The Morgan fingerprint density at radius 1 is 1.19 bits per heavy atom. The van der Waals surface area contributed by atoms with Crippen LogP contribution in [0.25, 0.3) is 16.7 Å². The predicted molar refractivity (Wildman–Crippen MR) is 100 cm³/mol. The van der Waals surface area contributed by atoms with E-state index in [2.05, 4.69) is 10.2 Å². The lowest BCUT2D eigenvalue weighted by Crippen LogP contribution is -2.20. The van der Waals surface area contributed by atoms with Gasteiger partial charge in [-0.05, 0) is 37.1 Å². The fourth-order valence-electron chi connectivity index (χ4n) is 3.62. The van der Waals surface area contributed by atoms with Gasteiger partial charge in [-0.1, -0.05) is 12.1 Å². The molecule has 2 aliphatic rings. The van der Waals surface area contributed by atoms with E-state index in [1.54, 1.807) is 6.07 Å². The Kier molecular flexibility index (Phi) is 3.85. The first-order chi connectivity index (χ1) is 12.4. The fraction of sp³-hybridized carbons (Fsp3) is 0.250. The molecular formula is C20H20N2O4. The van der Waals surface area contributed by atoms with E-state index in [9.17, 15) is 20.1 Å². The van der Waals surface area contributed by atoms with E-state index in [4.69, 9.17) is 0 Å². The monoisotopic (exact) mass is 352 g/mol. The standard InChI is InChI=1S/C20H20N2O4/c1-11(23)19-16-8-15(18(25)9-17(16)21-20(19)26)12-2-4-13(5-3-12)22-7-6-14(24)10-22/h2-5,8-9,14,23-25H,6-7,10H2,1H3,(H,21,26)/b19-11+. The van der Waals surface area contributed by atoms with Gasteiger partial charge in [0.15, 0.2) is 0 Å². The van der Waals surface area contributed by atoms with Gasteiger partial charge in [0.1, 0.15) is 11.5 Å². The molecule has 2 aliphatic heterocycles. The number of anilines is 2. The van der Waals surface area contributed by atoms with E-state index < -0.39 is 0 Å². The van der Waals surface area contributed by atoms with Crippen LogP contribution in [0.4, 0.5) is 11.4 Å². The van der Waals surface area contributed by atoms with Gasteiger partial charge in [0.2, 0.25) is 0 Å². The number of phenols is 1. The number of fused-ring (bicyclic) bond motifs is 1. The number of amides is 1. The van der Waals surface area contributed by atoms with Crippen LogP contribution in [0.2, 0.25) is 0 Å². The maximum absolute atomic E-state index is 12.0. The van der Waals surface area contributed by atoms with Crippen LogP contribution in [0.3, 0.4) is 0 Å². The Balaban J connectivity index is 1.71. The second-order valence-corrected chi connectivity index (χ2v) is 6.76. The molecule has 4 N–H and O–H groups in total. The van der Waals surface area contributed by atoms with Crippen molar-refractivity contribution in [3.8, 4) is 16.9 Å². The molecule has 0 saturated carbocycles. The van der Waals surface area contributed by atoms with Crippen LogP contribution in [0.15, 0.2) is 42.2 Å². The number of hydrogen-bond acceptors (Lipinski definition) is 5. The second kappa shape index (κ2) is 6.07. The molecule has 1 amide bonds. The third-order valence-corrected chi connectivity index (χ3v) is 4.95. The molecule has 6 nitrogen and oxygen atoms in total. The number of β-amino-alcohol motifs (C(OH)–C–C–N with tert-alkyl or cyclic N) is 1. The summed E-state index contributed by atoms with van der Waals surface area (Å²) in [4.78, 5) is 14.1. The summed E-state index contributed by atoms with van der Waals surface area (Å²) in [6.45, 7) is 2.92. The molecule has 1 atom stereocenters. The van der Waals surface area contributed by atoms with Crippen molar-refractivity contribution in [2.24, 2.45) is 0 Å². The quantitative estimate of drug-likeness (QED) is 0.493. The predicted octanol–water partition coefficient (Wildman–Crippen LogP) is 2.87. The number of nitrogens with zero attached hydrogens (tertiary/aromatic N) is 1. The number of carbonyl (C=O) groups excluding carboxylic acids is 1. The van der Waals surface area contributed by atoms with Crippen molar-refractivity contribution in [1.82, 2.24) is 0 Å². The summed E-state index contributed by atoms with van der Waals surface area (Å²) in [7, 11) is 0. The number of hydrogen-bond donors (Lipinski definition) is 4. The summed E-state index contributed by atoms with van der Waals surface area (Å²) in [5.74, 6) is -0.370. The number of aliphatic hydroxyl groups is 2. The first kappa shape index (κ1) is 16.5. The van der Waals surface area contributed by atoms with Gasteiger partial charge in [0, 0.05) is 36.0 Å². The molecule has 0 radical (unpaired) electrons. The van der Waals surface area contributed by atoms with E-state index in [1.807, 2.05) is 24.3 Å². The van der Waals surface area contributed by atoms with Crippen molar-refractivity contribution >= 4 is 22.9 Å². The van der Waals surface area contributed by atoms with Crippen LogP contribution >= 0.6 is 0 Å². The molecule has 2 aromatic rings. The van der Waals surface area contributed by atoms with E-state index >= 15 is 0 Å². The zero-order chi connectivity index (χ0) is 18.4. The number of carbonyl (C=O) groups is 1. The van der Waals surface area contributed by atoms with Gasteiger partial charge in [-0.25, -0.2) is 0 Å². The van der Waals surface area contributed by atoms with E-state index in [-0.39, 0.29) is 29.1 Å². The number of aromatic hydroxyl groups is 1. The maximum atomic E-state index is 12.0. The minimum absolute atomic E-state index is 0.0548. The van der Waals surface area contributed by atoms with Crippen LogP contribution in [0.5, 0.6) is 5.75 Å². The zero-order valence-corrected chi connectivity index (χ0v) is 14.4. The fourth-order valence-corrected chi connectivity index (χ4v) is 3.62. The molecule has 0 bridgehead atoms. The number of allylic oxidation sites excluding steroid dienone is 1. The summed E-state index contributed by atoms with van der Waals surface area (Å²) < 4.78 is 0. The minimum Gasteiger partial charge on any atom is -0.512 e. The molecule has 0 aliphatic carbocycles. The first-order valence-electron chi connectivity index (χ1n) is 8.56. The Morgan fingerprint density at radius 2 is 1.92 bits per heavy atom. The second-order valence-electron chi connectivity index (χ2n) is 6.76. The largest absolute Gasteiger partial charge is 0.512 e. The third kappa shape index (κ3) is 2.68. The molecule has 1 saturated heterocycles. The van der Waals surface area contributed by atoms with Gasteiger partial charge >= 0.3 is 0 Å². The molecule has 0 spiro atoms. The van der Waals surface area contributed by atoms with Gasteiger partial charge in [-0.2, -0.15) is 0 Å². The Bertz CT molecular complexity index is 914. The van der Waals surface area contributed by atoms with Crippen molar-refractivity contribution in [3.63, 3.8) is 0 Å². The lowest BCUT2D eigenvalue weighted by atomic mass is 9.97. The van der Waals surface area contributed by atoms with Gasteiger partial charge < -0.3 is 25.5 Å². The molecule has 0 aromatic heterocycles. The van der Waals surface area contributed by atoms with Crippen molar-refractivity contribution in [2.45, 2.75) is 19.4 Å². The van der Waals surface area contributed by atoms with Gasteiger partial charge in [-0.15, -0.1) is 0 Å². The van der Waals surface area contributed by atoms with Gasteiger partial charge in [0.05, 0.1) is 17.4 Å². The number of aliphatic hydroxyl groups excluding tert-OH is 2. The highest BCUT2D eigenvalue weighted by Crippen LogP contribution is 2.41. The lowest BCUT2D eigenvalue weighted by Gasteiger charge is -2.18. The summed E-state index contributed by atoms with van der Waals surface area (Å²) in [5, 5.41) is 32.5. The Labute approximate surface area is 151 Å². The number of benzene rings is 2.